The molecular weight excluding hydrogens is 196 g/mol. The topological polar surface area (TPSA) is 35.0 Å². The molecule has 0 amide bonds. The summed E-state index contributed by atoms with van der Waals surface area (Å²) in [5, 5.41) is 3.19. The quantitative estimate of drug-likeness (QED) is 0.752. The van der Waals surface area contributed by atoms with E-state index in [0.29, 0.717) is 5.92 Å². The van der Waals surface area contributed by atoms with Crippen LogP contribution in [0.3, 0.4) is 0 Å². The number of hydrogen-bond donors (Lipinski definition) is 0. The fourth-order valence-corrected chi connectivity index (χ4v) is 2.31. The van der Waals surface area contributed by atoms with Crippen LogP contribution in [0.1, 0.15) is 5.82 Å². The molecule has 1 saturated heterocycles. The first-order valence-electron chi connectivity index (χ1n) is 4.69. The Labute approximate surface area is 85.8 Å². The molecule has 0 aromatic carbocycles. The maximum absolute atomic E-state index is 5.13. The molecule has 0 unspecified atom stereocenters. The predicted molar refractivity (Wildman–Crippen MR) is 55.4 cm³/mol. The lowest BCUT2D eigenvalue weighted by Crippen LogP contribution is -2.29. The van der Waals surface area contributed by atoms with Gasteiger partial charge in [-0.3, -0.25) is 0 Å². The molecule has 14 heavy (non-hydrogen) atoms. The minimum absolute atomic E-state index is 0.632. The highest BCUT2D eigenvalue weighted by Gasteiger charge is 2.19. The maximum atomic E-state index is 5.13. The summed E-state index contributed by atoms with van der Waals surface area (Å²) in [4.78, 5) is 9.94. The Hall–Kier alpha value is -1.00. The van der Waals surface area contributed by atoms with Crippen molar-refractivity contribution < 1.29 is 4.74 Å². The van der Waals surface area contributed by atoms with E-state index in [1.165, 1.54) is 0 Å². The molecule has 4 heteroatoms. The summed E-state index contributed by atoms with van der Waals surface area (Å²) in [6.07, 6.45) is 2.86. The van der Waals surface area contributed by atoms with Gasteiger partial charge in [0.25, 0.3) is 0 Å². The highest BCUT2D eigenvalue weighted by molar-refractivity contribution is 7.16. The average Bonchev–Trinajstić information content (AvgIpc) is 2.58. The minimum Gasteiger partial charge on any atom is -0.381 e. The standard InChI is InChI=1S/C10H10N2OS/c1-2-14-10-8(1)4-11-9(12-10)3-7-5-13-6-7/h1-2,4,7H,3,5-6H2. The van der Waals surface area contributed by atoms with E-state index in [0.717, 1.165) is 35.7 Å². The Kier molecular flexibility index (Phi) is 1.96. The molecule has 1 aliphatic rings. The first kappa shape index (κ1) is 8.32. The third-order valence-electron chi connectivity index (χ3n) is 2.44. The summed E-state index contributed by atoms with van der Waals surface area (Å²) < 4.78 is 5.13. The van der Waals surface area contributed by atoms with Gasteiger partial charge in [-0.25, -0.2) is 9.97 Å². The van der Waals surface area contributed by atoms with Crippen LogP contribution in [0.4, 0.5) is 0 Å². The van der Waals surface area contributed by atoms with Gasteiger partial charge in [0.05, 0.1) is 13.2 Å². The van der Waals surface area contributed by atoms with Crippen molar-refractivity contribution in [2.45, 2.75) is 6.42 Å². The van der Waals surface area contributed by atoms with Crippen molar-refractivity contribution in [3.63, 3.8) is 0 Å². The van der Waals surface area contributed by atoms with E-state index in [4.69, 9.17) is 4.74 Å². The molecule has 0 spiro atoms. The Balaban J connectivity index is 1.88. The van der Waals surface area contributed by atoms with Gasteiger partial charge in [-0.1, -0.05) is 0 Å². The Morgan fingerprint density at radius 3 is 3.21 bits per heavy atom. The van der Waals surface area contributed by atoms with E-state index in [2.05, 4.69) is 21.4 Å². The number of rotatable bonds is 2. The monoisotopic (exact) mass is 206 g/mol. The lowest BCUT2D eigenvalue weighted by Gasteiger charge is -2.24. The van der Waals surface area contributed by atoms with Crippen LogP contribution >= 0.6 is 11.3 Å². The van der Waals surface area contributed by atoms with Gasteiger partial charge < -0.3 is 4.74 Å². The van der Waals surface area contributed by atoms with Crippen LogP contribution in [0.5, 0.6) is 0 Å². The van der Waals surface area contributed by atoms with Crippen LogP contribution in [-0.4, -0.2) is 23.2 Å². The highest BCUT2D eigenvalue weighted by Crippen LogP contribution is 2.19. The van der Waals surface area contributed by atoms with Gasteiger partial charge in [-0.05, 0) is 11.4 Å². The summed E-state index contributed by atoms with van der Waals surface area (Å²) in [6, 6.07) is 2.05. The highest BCUT2D eigenvalue weighted by atomic mass is 32.1. The van der Waals surface area contributed by atoms with Crippen molar-refractivity contribution in [3.05, 3.63) is 23.5 Å². The van der Waals surface area contributed by atoms with Crippen LogP contribution in [0, 0.1) is 5.92 Å². The number of hydrogen-bond acceptors (Lipinski definition) is 4. The SMILES string of the molecule is c1cc2cnc(CC3COC3)nc2s1. The molecule has 0 aliphatic carbocycles. The number of ether oxygens (including phenoxy) is 1. The lowest BCUT2D eigenvalue weighted by atomic mass is 10.0. The summed E-state index contributed by atoms with van der Waals surface area (Å²) in [5.41, 5.74) is 0. The molecule has 0 atom stereocenters. The summed E-state index contributed by atoms with van der Waals surface area (Å²) in [7, 11) is 0. The normalized spacial score (nSPS) is 17.1. The third-order valence-corrected chi connectivity index (χ3v) is 3.26. The fraction of sp³-hybridized carbons (Fsp3) is 0.400. The lowest BCUT2D eigenvalue weighted by molar-refractivity contribution is -0.0320. The second kappa shape index (κ2) is 3.29. The number of aromatic nitrogens is 2. The van der Waals surface area contributed by atoms with Crippen molar-refractivity contribution in [1.82, 2.24) is 9.97 Å². The molecule has 1 fully saturated rings. The predicted octanol–water partition coefficient (Wildman–Crippen LogP) is 1.88. The first-order valence-corrected chi connectivity index (χ1v) is 5.56. The number of nitrogens with zero attached hydrogens (tertiary/aromatic N) is 2. The third kappa shape index (κ3) is 1.40. The van der Waals surface area contributed by atoms with Gasteiger partial charge in [-0.15, -0.1) is 11.3 Å². The van der Waals surface area contributed by atoms with Gasteiger partial charge in [-0.2, -0.15) is 0 Å². The van der Waals surface area contributed by atoms with E-state index >= 15 is 0 Å². The maximum Gasteiger partial charge on any atom is 0.130 e. The molecule has 3 rings (SSSR count). The summed E-state index contributed by atoms with van der Waals surface area (Å²) in [5.74, 6) is 1.58. The smallest absolute Gasteiger partial charge is 0.130 e. The van der Waals surface area contributed by atoms with E-state index in [9.17, 15) is 0 Å². The van der Waals surface area contributed by atoms with Crippen LogP contribution in [-0.2, 0) is 11.2 Å². The van der Waals surface area contributed by atoms with Crippen LogP contribution in [0.15, 0.2) is 17.6 Å². The van der Waals surface area contributed by atoms with E-state index < -0.39 is 0 Å². The molecule has 2 aromatic rings. The largest absolute Gasteiger partial charge is 0.381 e. The molecule has 3 heterocycles. The summed E-state index contributed by atoms with van der Waals surface area (Å²) >= 11 is 1.67. The molecule has 0 saturated carbocycles. The van der Waals surface area contributed by atoms with Crippen LogP contribution < -0.4 is 0 Å². The number of thiophene rings is 1. The molecule has 0 bridgehead atoms. The van der Waals surface area contributed by atoms with E-state index in [1.54, 1.807) is 11.3 Å². The average molecular weight is 206 g/mol. The second-order valence-electron chi connectivity index (χ2n) is 3.57. The van der Waals surface area contributed by atoms with Gasteiger partial charge >= 0.3 is 0 Å². The van der Waals surface area contributed by atoms with E-state index in [1.807, 2.05) is 6.20 Å². The molecule has 0 radical (unpaired) electrons. The molecule has 3 nitrogen and oxygen atoms in total. The number of fused-ring (bicyclic) bond motifs is 1. The minimum atomic E-state index is 0.632. The molecule has 2 aromatic heterocycles. The Morgan fingerprint density at radius 2 is 2.43 bits per heavy atom. The van der Waals surface area contributed by atoms with Gasteiger partial charge in [0, 0.05) is 23.9 Å². The molecule has 72 valence electrons. The van der Waals surface area contributed by atoms with Gasteiger partial charge in [0.2, 0.25) is 0 Å². The molecular formula is C10H10N2OS. The summed E-state index contributed by atoms with van der Waals surface area (Å²) in [6.45, 7) is 1.73. The van der Waals surface area contributed by atoms with Crippen molar-refractivity contribution in [3.8, 4) is 0 Å². The van der Waals surface area contributed by atoms with Crippen LogP contribution in [0.25, 0.3) is 10.2 Å². The van der Waals surface area contributed by atoms with Gasteiger partial charge in [0.15, 0.2) is 0 Å². The second-order valence-corrected chi connectivity index (χ2v) is 4.47. The van der Waals surface area contributed by atoms with Crippen molar-refractivity contribution >= 4 is 21.6 Å². The zero-order valence-corrected chi connectivity index (χ0v) is 8.46. The van der Waals surface area contributed by atoms with E-state index in [-0.39, 0.29) is 0 Å². The van der Waals surface area contributed by atoms with Gasteiger partial charge in [0.1, 0.15) is 10.7 Å². The van der Waals surface area contributed by atoms with Crippen molar-refractivity contribution in [1.29, 1.82) is 0 Å². The fourth-order valence-electron chi connectivity index (χ4n) is 1.55. The zero-order valence-electron chi connectivity index (χ0n) is 7.64. The van der Waals surface area contributed by atoms with Crippen molar-refractivity contribution in [2.24, 2.45) is 5.92 Å². The zero-order chi connectivity index (χ0) is 9.38. The van der Waals surface area contributed by atoms with Crippen LogP contribution in [0.2, 0.25) is 0 Å². The Bertz CT molecular complexity index is 450. The molecule has 1 aliphatic heterocycles. The van der Waals surface area contributed by atoms with Crippen molar-refractivity contribution in [2.75, 3.05) is 13.2 Å². The molecule has 0 N–H and O–H groups in total. The first-order chi connectivity index (χ1) is 6.92. The Morgan fingerprint density at radius 1 is 1.50 bits per heavy atom.